The Morgan fingerprint density at radius 1 is 0.474 bits per heavy atom. The molecule has 6 rings (SSSR count). The van der Waals surface area contributed by atoms with Crippen molar-refractivity contribution < 1.29 is 0 Å². The van der Waals surface area contributed by atoms with Crippen molar-refractivity contribution in [2.75, 3.05) is 0 Å². The Morgan fingerprint density at radius 3 is 1.05 bits per heavy atom. The van der Waals surface area contributed by atoms with E-state index in [2.05, 4.69) is 121 Å². The monoisotopic (exact) mass is 522 g/mol. The predicted octanol–water partition coefficient (Wildman–Crippen LogP) is 9.72. The SMILES string of the molecule is N#C/C(SCc1c2ccccc2cc2ccccc12)=C(\C#N)SCc1c2ccccc2cc2ccccc12. The van der Waals surface area contributed by atoms with Crippen molar-refractivity contribution in [3.63, 3.8) is 0 Å². The van der Waals surface area contributed by atoms with Gasteiger partial charge in [0.25, 0.3) is 0 Å². The summed E-state index contributed by atoms with van der Waals surface area (Å²) in [7, 11) is 0. The number of hydrogen-bond acceptors (Lipinski definition) is 4. The topological polar surface area (TPSA) is 47.6 Å². The van der Waals surface area contributed by atoms with E-state index in [4.69, 9.17) is 0 Å². The van der Waals surface area contributed by atoms with Gasteiger partial charge in [0.1, 0.15) is 21.9 Å². The first-order chi connectivity index (χ1) is 18.8. The van der Waals surface area contributed by atoms with Gasteiger partial charge in [-0.15, -0.1) is 23.5 Å². The van der Waals surface area contributed by atoms with Gasteiger partial charge in [0, 0.05) is 11.5 Å². The highest BCUT2D eigenvalue weighted by atomic mass is 32.2. The molecule has 4 heteroatoms. The van der Waals surface area contributed by atoms with E-state index in [1.807, 2.05) is 0 Å². The van der Waals surface area contributed by atoms with Crippen LogP contribution in [0.25, 0.3) is 43.1 Å². The first-order valence-corrected chi connectivity index (χ1v) is 14.3. The predicted molar refractivity (Wildman–Crippen MR) is 164 cm³/mol. The van der Waals surface area contributed by atoms with Crippen LogP contribution in [0.2, 0.25) is 0 Å². The molecule has 6 aromatic carbocycles. The molecule has 6 aromatic rings. The van der Waals surface area contributed by atoms with E-state index in [1.165, 1.54) is 77.7 Å². The smallest absolute Gasteiger partial charge is 0.109 e. The number of hydrogen-bond donors (Lipinski definition) is 0. The quantitative estimate of drug-likeness (QED) is 0.161. The molecule has 0 bridgehead atoms. The number of nitriles is 2. The molecule has 180 valence electrons. The maximum Gasteiger partial charge on any atom is 0.109 e. The fraction of sp³-hybridized carbons (Fsp3) is 0.0588. The zero-order valence-corrected chi connectivity index (χ0v) is 22.2. The molecule has 0 saturated heterocycles. The van der Waals surface area contributed by atoms with Crippen LogP contribution in [0.5, 0.6) is 0 Å². The lowest BCUT2D eigenvalue weighted by atomic mass is 9.98. The van der Waals surface area contributed by atoms with Gasteiger partial charge < -0.3 is 0 Å². The van der Waals surface area contributed by atoms with Crippen molar-refractivity contribution in [3.8, 4) is 12.1 Å². The summed E-state index contributed by atoms with van der Waals surface area (Å²) in [4.78, 5) is 0.943. The van der Waals surface area contributed by atoms with E-state index in [-0.39, 0.29) is 0 Å². The summed E-state index contributed by atoms with van der Waals surface area (Å²) in [6, 6.07) is 42.6. The van der Waals surface area contributed by atoms with Crippen LogP contribution in [-0.2, 0) is 11.5 Å². The highest BCUT2D eigenvalue weighted by Crippen LogP contribution is 2.38. The van der Waals surface area contributed by atoms with Crippen LogP contribution in [0.4, 0.5) is 0 Å². The average molecular weight is 523 g/mol. The highest BCUT2D eigenvalue weighted by molar-refractivity contribution is 8.06. The van der Waals surface area contributed by atoms with Crippen molar-refractivity contribution in [2.45, 2.75) is 11.5 Å². The normalized spacial score (nSPS) is 11.9. The molecule has 0 spiro atoms. The van der Waals surface area contributed by atoms with E-state index in [9.17, 15) is 10.5 Å². The lowest BCUT2D eigenvalue weighted by Gasteiger charge is -2.13. The van der Waals surface area contributed by atoms with Crippen LogP contribution >= 0.6 is 23.5 Å². The summed E-state index contributed by atoms with van der Waals surface area (Å²) in [5.41, 5.74) is 2.39. The maximum atomic E-state index is 10.1. The van der Waals surface area contributed by atoms with E-state index < -0.39 is 0 Å². The van der Waals surface area contributed by atoms with Gasteiger partial charge in [-0.1, -0.05) is 97.1 Å². The minimum Gasteiger partial charge on any atom is -0.192 e. The average Bonchev–Trinajstić information content (AvgIpc) is 2.97. The summed E-state index contributed by atoms with van der Waals surface area (Å²) >= 11 is 2.91. The summed E-state index contributed by atoms with van der Waals surface area (Å²) in [5, 5.41) is 29.6. The van der Waals surface area contributed by atoms with Gasteiger partial charge in [-0.05, 0) is 66.3 Å². The first-order valence-electron chi connectivity index (χ1n) is 12.4. The van der Waals surface area contributed by atoms with Crippen LogP contribution < -0.4 is 0 Å². The molecule has 0 unspecified atom stereocenters. The fourth-order valence-corrected chi connectivity index (χ4v) is 7.15. The molecule has 38 heavy (non-hydrogen) atoms. The van der Waals surface area contributed by atoms with Gasteiger partial charge in [0.15, 0.2) is 0 Å². The second kappa shape index (κ2) is 10.6. The summed E-state index contributed by atoms with van der Waals surface area (Å²) in [6.45, 7) is 0. The fourth-order valence-electron chi connectivity index (χ4n) is 5.11. The second-order valence-electron chi connectivity index (χ2n) is 9.05. The molecule has 2 nitrogen and oxygen atoms in total. The lowest BCUT2D eigenvalue weighted by Crippen LogP contribution is -1.91. The molecule has 0 atom stereocenters. The zero-order valence-electron chi connectivity index (χ0n) is 20.5. The second-order valence-corrected chi connectivity index (χ2v) is 11.0. The maximum absolute atomic E-state index is 10.1. The van der Waals surface area contributed by atoms with Gasteiger partial charge in [-0.25, -0.2) is 0 Å². The molecule has 0 heterocycles. The van der Waals surface area contributed by atoms with Gasteiger partial charge in [0.05, 0.1) is 0 Å². The largest absolute Gasteiger partial charge is 0.192 e. The molecule has 0 saturated carbocycles. The van der Waals surface area contributed by atoms with Gasteiger partial charge in [0.2, 0.25) is 0 Å². The van der Waals surface area contributed by atoms with Crippen molar-refractivity contribution in [1.82, 2.24) is 0 Å². The minimum absolute atomic E-state index is 0.471. The molecular weight excluding hydrogens is 501 g/mol. The number of rotatable bonds is 6. The third-order valence-electron chi connectivity index (χ3n) is 6.90. The van der Waals surface area contributed by atoms with Gasteiger partial charge in [-0.3, -0.25) is 0 Å². The molecule has 0 amide bonds. The number of benzene rings is 6. The van der Waals surface area contributed by atoms with Crippen LogP contribution in [0.3, 0.4) is 0 Å². The van der Waals surface area contributed by atoms with Crippen LogP contribution in [0.1, 0.15) is 11.1 Å². The minimum atomic E-state index is 0.471. The Labute approximate surface area is 230 Å². The first kappa shape index (κ1) is 24.1. The Kier molecular flexibility index (Phi) is 6.76. The Bertz CT molecular complexity index is 1710. The number of fused-ring (bicyclic) bond motifs is 4. The molecular formula is C34H22N2S2. The van der Waals surface area contributed by atoms with E-state index >= 15 is 0 Å². The molecule has 0 aromatic heterocycles. The third kappa shape index (κ3) is 4.50. The molecule has 0 aliphatic heterocycles. The Morgan fingerprint density at radius 2 is 0.763 bits per heavy atom. The Hall–Kier alpha value is -4.22. The van der Waals surface area contributed by atoms with Crippen LogP contribution in [0, 0.1) is 22.7 Å². The summed E-state index contributed by atoms with van der Waals surface area (Å²) < 4.78 is 0. The molecule has 0 N–H and O–H groups in total. The summed E-state index contributed by atoms with van der Waals surface area (Å²) in [5.74, 6) is 1.24. The van der Waals surface area contributed by atoms with Crippen molar-refractivity contribution in [3.05, 3.63) is 130 Å². The van der Waals surface area contributed by atoms with Crippen molar-refractivity contribution in [2.24, 2.45) is 0 Å². The van der Waals surface area contributed by atoms with E-state index in [0.29, 0.717) is 21.3 Å². The molecule has 0 radical (unpaired) electrons. The van der Waals surface area contributed by atoms with Crippen molar-refractivity contribution in [1.29, 1.82) is 10.5 Å². The van der Waals surface area contributed by atoms with Gasteiger partial charge in [-0.2, -0.15) is 10.5 Å². The molecule has 0 aliphatic rings. The zero-order chi connectivity index (χ0) is 25.9. The number of thioether (sulfide) groups is 2. The number of allylic oxidation sites excluding steroid dienone is 2. The molecule has 0 aliphatic carbocycles. The third-order valence-corrected chi connectivity index (χ3v) is 9.06. The van der Waals surface area contributed by atoms with Gasteiger partial charge >= 0.3 is 0 Å². The highest BCUT2D eigenvalue weighted by Gasteiger charge is 2.14. The summed E-state index contributed by atoms with van der Waals surface area (Å²) in [6.07, 6.45) is 0. The number of nitrogens with zero attached hydrogens (tertiary/aromatic N) is 2. The lowest BCUT2D eigenvalue weighted by molar-refractivity contribution is 1.47. The standard InChI is InChI=1S/C34H22N2S2/c35-19-33(37-21-31-27-13-5-1-9-23(27)17-24-10-2-6-14-28(24)31)34(20-36)38-22-32-29-15-7-3-11-25(29)18-26-12-4-8-16-30(26)32/h1-18H,21-22H2/b34-33-. The van der Waals surface area contributed by atoms with Crippen molar-refractivity contribution >= 4 is 66.6 Å². The van der Waals surface area contributed by atoms with E-state index in [0.717, 1.165) is 0 Å². The van der Waals surface area contributed by atoms with Crippen LogP contribution in [-0.4, -0.2) is 0 Å². The Balaban J connectivity index is 1.35. The van der Waals surface area contributed by atoms with Crippen LogP contribution in [0.15, 0.2) is 119 Å². The molecule has 0 fully saturated rings. The van der Waals surface area contributed by atoms with E-state index in [1.54, 1.807) is 0 Å².